The van der Waals surface area contributed by atoms with Crippen LogP contribution in [0.3, 0.4) is 0 Å². The van der Waals surface area contributed by atoms with E-state index in [2.05, 4.69) is 5.32 Å². The van der Waals surface area contributed by atoms with Crippen molar-refractivity contribution in [3.8, 4) is 0 Å². The monoisotopic (exact) mass is 483 g/mol. The molecule has 0 atom stereocenters. The summed E-state index contributed by atoms with van der Waals surface area (Å²) in [5, 5.41) is 3.28. The minimum absolute atomic E-state index is 0.153. The Hall–Kier alpha value is -2.29. The lowest BCUT2D eigenvalue weighted by molar-refractivity contribution is -0.128. The molecule has 31 heavy (non-hydrogen) atoms. The molecule has 1 aliphatic heterocycles. The first kappa shape index (κ1) is 23.4. The fourth-order valence-electron chi connectivity index (χ4n) is 3.40. The lowest BCUT2D eigenvalue weighted by atomic mass is 10.1. The molecule has 1 N–H and O–H groups in total. The van der Waals surface area contributed by atoms with Gasteiger partial charge in [0.15, 0.2) is 0 Å². The zero-order chi connectivity index (χ0) is 22.6. The second kappa shape index (κ2) is 9.89. The molecule has 1 heterocycles. The van der Waals surface area contributed by atoms with Crippen LogP contribution in [0.5, 0.6) is 0 Å². The summed E-state index contributed by atoms with van der Waals surface area (Å²) in [5.41, 5.74) is 2.05. The zero-order valence-corrected chi connectivity index (χ0v) is 19.3. The van der Waals surface area contributed by atoms with Crippen molar-refractivity contribution in [1.82, 2.24) is 10.2 Å². The Morgan fingerprint density at radius 2 is 1.81 bits per heavy atom. The lowest BCUT2D eigenvalue weighted by Gasteiger charge is -2.22. The van der Waals surface area contributed by atoms with Gasteiger partial charge in [0.25, 0.3) is 0 Å². The van der Waals surface area contributed by atoms with Crippen LogP contribution in [0, 0.1) is 0 Å². The molecule has 2 amide bonds. The summed E-state index contributed by atoms with van der Waals surface area (Å²) in [6.07, 6.45) is 2.48. The van der Waals surface area contributed by atoms with Crippen LogP contribution in [0.1, 0.15) is 24.0 Å². The number of anilines is 1. The van der Waals surface area contributed by atoms with Crippen LogP contribution in [-0.4, -0.2) is 44.5 Å². The highest BCUT2D eigenvalue weighted by atomic mass is 35.5. The third kappa shape index (κ3) is 6.59. The van der Waals surface area contributed by atoms with E-state index in [-0.39, 0.29) is 28.2 Å². The van der Waals surface area contributed by atoms with E-state index in [0.717, 1.165) is 34.7 Å². The molecule has 0 saturated carbocycles. The molecule has 1 saturated heterocycles. The first-order chi connectivity index (χ1) is 14.6. The number of nitrogens with one attached hydrogen (secondary N) is 1. The van der Waals surface area contributed by atoms with E-state index in [1.165, 1.54) is 18.2 Å². The first-order valence-electron chi connectivity index (χ1n) is 9.68. The van der Waals surface area contributed by atoms with Gasteiger partial charge in [-0.2, -0.15) is 0 Å². The molecule has 2 aromatic rings. The van der Waals surface area contributed by atoms with Gasteiger partial charge in [-0.15, -0.1) is 0 Å². The number of benzene rings is 2. The second-order valence-corrected chi connectivity index (χ2v) is 10.2. The van der Waals surface area contributed by atoms with Crippen molar-refractivity contribution in [1.29, 1.82) is 0 Å². The highest BCUT2D eigenvalue weighted by Gasteiger charge is 2.22. The first-order valence-corrected chi connectivity index (χ1v) is 12.3. The molecule has 3 rings (SSSR count). The van der Waals surface area contributed by atoms with Gasteiger partial charge in [-0.3, -0.25) is 13.9 Å². The minimum atomic E-state index is -3.74. The van der Waals surface area contributed by atoms with Crippen LogP contribution in [0.4, 0.5) is 5.69 Å². The Morgan fingerprint density at radius 3 is 2.42 bits per heavy atom. The molecule has 2 aromatic carbocycles. The Kier molecular flexibility index (Phi) is 7.46. The van der Waals surface area contributed by atoms with Gasteiger partial charge in [0.2, 0.25) is 21.8 Å². The number of sulfonamides is 1. The summed E-state index contributed by atoms with van der Waals surface area (Å²) in [5.74, 6) is -0.317. The number of rotatable bonds is 8. The topological polar surface area (TPSA) is 86.8 Å². The van der Waals surface area contributed by atoms with Crippen molar-refractivity contribution in [2.45, 2.75) is 25.9 Å². The van der Waals surface area contributed by atoms with Gasteiger partial charge in [-0.25, -0.2) is 8.42 Å². The molecule has 1 fully saturated rings. The average Bonchev–Trinajstić information content (AvgIpc) is 3.07. The maximum atomic E-state index is 12.5. The Balaban J connectivity index is 1.64. The van der Waals surface area contributed by atoms with Crippen LogP contribution in [0.2, 0.25) is 10.0 Å². The van der Waals surface area contributed by atoms with E-state index in [1.807, 2.05) is 29.2 Å². The highest BCUT2D eigenvalue weighted by molar-refractivity contribution is 7.92. The van der Waals surface area contributed by atoms with E-state index in [0.29, 0.717) is 13.0 Å². The predicted octanol–water partition coefficient (Wildman–Crippen LogP) is 3.20. The van der Waals surface area contributed by atoms with E-state index >= 15 is 0 Å². The Morgan fingerprint density at radius 1 is 1.13 bits per heavy atom. The summed E-state index contributed by atoms with van der Waals surface area (Å²) < 4.78 is 25.4. The number of hydrogen-bond donors (Lipinski definition) is 1. The fraction of sp³-hybridized carbons (Fsp3) is 0.333. The molecule has 0 spiro atoms. The van der Waals surface area contributed by atoms with Crippen molar-refractivity contribution in [2.24, 2.45) is 0 Å². The number of amides is 2. The van der Waals surface area contributed by atoms with Crippen molar-refractivity contribution >= 4 is 50.7 Å². The molecule has 166 valence electrons. The van der Waals surface area contributed by atoms with Crippen molar-refractivity contribution in [3.63, 3.8) is 0 Å². The van der Waals surface area contributed by atoms with Crippen LogP contribution in [0.25, 0.3) is 0 Å². The van der Waals surface area contributed by atoms with Crippen molar-refractivity contribution < 1.29 is 18.0 Å². The molecule has 10 heteroatoms. The average molecular weight is 484 g/mol. The standard InChI is InChI=1S/C21H23Cl2N3O4S/c1-31(29,30)26(19-10-17(22)9-18(23)11-19)14-20(27)24-12-15-4-2-5-16(8-15)13-25-7-3-6-21(25)28/h2,4-5,8-11H,3,6-7,12-14H2,1H3,(H,24,27). The van der Waals surface area contributed by atoms with Gasteiger partial charge in [0.1, 0.15) is 6.54 Å². The summed E-state index contributed by atoms with van der Waals surface area (Å²) >= 11 is 12.0. The van der Waals surface area contributed by atoms with Gasteiger partial charge < -0.3 is 10.2 Å². The number of likely N-dealkylation sites (tertiary alicyclic amines) is 1. The predicted molar refractivity (Wildman–Crippen MR) is 122 cm³/mol. The molecule has 0 aliphatic carbocycles. The van der Waals surface area contributed by atoms with Gasteiger partial charge in [0.05, 0.1) is 11.9 Å². The van der Waals surface area contributed by atoms with Gasteiger partial charge in [0, 0.05) is 36.1 Å². The van der Waals surface area contributed by atoms with E-state index < -0.39 is 22.5 Å². The number of carbonyl (C=O) groups excluding carboxylic acids is 2. The van der Waals surface area contributed by atoms with Crippen molar-refractivity contribution in [3.05, 3.63) is 63.6 Å². The summed E-state index contributed by atoms with van der Waals surface area (Å²) in [6.45, 7) is 1.12. The van der Waals surface area contributed by atoms with E-state index in [4.69, 9.17) is 23.2 Å². The Labute approximate surface area is 192 Å². The molecule has 0 radical (unpaired) electrons. The minimum Gasteiger partial charge on any atom is -0.350 e. The summed E-state index contributed by atoms with van der Waals surface area (Å²) in [7, 11) is -3.74. The largest absolute Gasteiger partial charge is 0.350 e. The van der Waals surface area contributed by atoms with Gasteiger partial charge >= 0.3 is 0 Å². The Bertz CT molecular complexity index is 1070. The molecule has 0 aromatic heterocycles. The fourth-order valence-corrected chi connectivity index (χ4v) is 4.75. The summed E-state index contributed by atoms with van der Waals surface area (Å²) in [6, 6.07) is 11.9. The maximum absolute atomic E-state index is 12.5. The number of carbonyl (C=O) groups is 2. The summed E-state index contributed by atoms with van der Waals surface area (Å²) in [4.78, 5) is 26.1. The number of hydrogen-bond acceptors (Lipinski definition) is 4. The van der Waals surface area contributed by atoms with Crippen LogP contribution in [-0.2, 0) is 32.7 Å². The van der Waals surface area contributed by atoms with Crippen LogP contribution < -0.4 is 9.62 Å². The SMILES string of the molecule is CS(=O)(=O)N(CC(=O)NCc1cccc(CN2CCCC2=O)c1)c1cc(Cl)cc(Cl)c1. The highest BCUT2D eigenvalue weighted by Crippen LogP contribution is 2.27. The molecule has 7 nitrogen and oxygen atoms in total. The van der Waals surface area contributed by atoms with Gasteiger partial charge in [-0.05, 0) is 35.7 Å². The third-order valence-electron chi connectivity index (χ3n) is 4.85. The normalized spacial score (nSPS) is 14.0. The van der Waals surface area contributed by atoms with Crippen LogP contribution in [0.15, 0.2) is 42.5 Å². The lowest BCUT2D eigenvalue weighted by Crippen LogP contribution is -2.40. The molecular formula is C21H23Cl2N3O4S. The van der Waals surface area contributed by atoms with Crippen molar-refractivity contribution in [2.75, 3.05) is 23.7 Å². The zero-order valence-electron chi connectivity index (χ0n) is 17.0. The number of halogens is 2. The third-order valence-corrected chi connectivity index (χ3v) is 6.43. The van der Waals surface area contributed by atoms with Gasteiger partial charge in [-0.1, -0.05) is 47.5 Å². The smallest absolute Gasteiger partial charge is 0.241 e. The molecular weight excluding hydrogens is 461 g/mol. The molecule has 0 unspecified atom stereocenters. The quantitative estimate of drug-likeness (QED) is 0.624. The maximum Gasteiger partial charge on any atom is 0.241 e. The van der Waals surface area contributed by atoms with E-state index in [1.54, 1.807) is 0 Å². The second-order valence-electron chi connectivity index (χ2n) is 7.41. The van der Waals surface area contributed by atoms with E-state index in [9.17, 15) is 18.0 Å². The molecule has 1 aliphatic rings. The number of nitrogens with zero attached hydrogens (tertiary/aromatic N) is 2. The van der Waals surface area contributed by atoms with Crippen LogP contribution >= 0.6 is 23.2 Å². The molecule has 0 bridgehead atoms.